The predicted octanol–water partition coefficient (Wildman–Crippen LogP) is 3.47. The molecular weight excluding hydrogens is 310 g/mol. The highest BCUT2D eigenvalue weighted by Gasteiger charge is 2.16. The second-order valence-electron chi connectivity index (χ2n) is 4.46. The number of aromatic nitrogens is 5. The molecule has 0 aliphatic carbocycles. The fourth-order valence-corrected chi connectivity index (χ4v) is 2.87. The van der Waals surface area contributed by atoms with Gasteiger partial charge < -0.3 is 4.52 Å². The van der Waals surface area contributed by atoms with E-state index in [4.69, 9.17) is 16.1 Å². The van der Waals surface area contributed by atoms with Crippen molar-refractivity contribution in [3.05, 3.63) is 41.0 Å². The van der Waals surface area contributed by atoms with Gasteiger partial charge in [0, 0.05) is 16.7 Å². The smallest absolute Gasteiger partial charge is 0.235 e. The summed E-state index contributed by atoms with van der Waals surface area (Å²) in [6.45, 7) is 1.87. The van der Waals surface area contributed by atoms with Crippen molar-refractivity contribution in [1.29, 1.82) is 0 Å². The highest BCUT2D eigenvalue weighted by atomic mass is 35.5. The molecule has 0 saturated heterocycles. The first-order valence-electron chi connectivity index (χ1n) is 6.12. The molecule has 8 heteroatoms. The van der Waals surface area contributed by atoms with Crippen LogP contribution < -0.4 is 0 Å². The molecule has 0 unspecified atom stereocenters. The van der Waals surface area contributed by atoms with Crippen LogP contribution in [0.3, 0.4) is 0 Å². The summed E-state index contributed by atoms with van der Waals surface area (Å²) in [6, 6.07) is 9.23. The molecule has 0 amide bonds. The highest BCUT2D eigenvalue weighted by Crippen LogP contribution is 2.28. The van der Waals surface area contributed by atoms with Crippen molar-refractivity contribution < 1.29 is 4.52 Å². The fraction of sp³-hybridized carbons (Fsp3) is 0.0769. The van der Waals surface area contributed by atoms with E-state index in [1.54, 1.807) is 4.52 Å². The summed E-state index contributed by atoms with van der Waals surface area (Å²) >= 11 is 7.30. The molecule has 0 fully saturated rings. The number of rotatable bonds is 2. The standard InChI is InChI=1S/C13H8ClN5OS/c1-7-6-10(20-18-7)12-17-19-11(15-16-13(19)21-12)8-2-4-9(14)5-3-8/h2-6H,1H3. The zero-order valence-corrected chi connectivity index (χ0v) is 12.4. The molecule has 0 atom stereocenters. The van der Waals surface area contributed by atoms with Crippen molar-refractivity contribution in [2.45, 2.75) is 6.92 Å². The second kappa shape index (κ2) is 4.64. The summed E-state index contributed by atoms with van der Waals surface area (Å²) < 4.78 is 6.93. The topological polar surface area (TPSA) is 69.1 Å². The van der Waals surface area contributed by atoms with Crippen molar-refractivity contribution in [2.24, 2.45) is 0 Å². The van der Waals surface area contributed by atoms with Crippen LogP contribution in [0, 0.1) is 6.92 Å². The lowest BCUT2D eigenvalue weighted by atomic mass is 10.2. The summed E-state index contributed by atoms with van der Waals surface area (Å²) in [5, 5.41) is 18.1. The molecule has 4 aromatic rings. The quantitative estimate of drug-likeness (QED) is 0.566. The molecular formula is C13H8ClN5OS. The molecule has 0 saturated carbocycles. The maximum Gasteiger partial charge on any atom is 0.235 e. The zero-order chi connectivity index (χ0) is 14.4. The van der Waals surface area contributed by atoms with E-state index in [1.807, 2.05) is 37.3 Å². The number of aryl methyl sites for hydroxylation is 1. The van der Waals surface area contributed by atoms with E-state index in [2.05, 4.69) is 20.5 Å². The number of fused-ring (bicyclic) bond motifs is 1. The Balaban J connectivity index is 1.84. The van der Waals surface area contributed by atoms with E-state index in [0.717, 1.165) is 16.3 Å². The molecule has 104 valence electrons. The lowest BCUT2D eigenvalue weighted by Crippen LogP contribution is -1.90. The Morgan fingerprint density at radius 1 is 1.19 bits per heavy atom. The van der Waals surface area contributed by atoms with Gasteiger partial charge in [-0.05, 0) is 31.2 Å². The largest absolute Gasteiger partial charge is 0.353 e. The molecule has 0 bridgehead atoms. The first-order chi connectivity index (χ1) is 10.2. The molecule has 3 heterocycles. The number of halogens is 1. The van der Waals surface area contributed by atoms with E-state index >= 15 is 0 Å². The van der Waals surface area contributed by atoms with Crippen molar-refractivity contribution in [3.8, 4) is 22.2 Å². The van der Waals surface area contributed by atoms with E-state index in [9.17, 15) is 0 Å². The van der Waals surface area contributed by atoms with Gasteiger partial charge in [0.1, 0.15) is 0 Å². The summed E-state index contributed by atoms with van der Waals surface area (Å²) in [4.78, 5) is 0.698. The Morgan fingerprint density at radius 2 is 2.00 bits per heavy atom. The molecule has 0 aliphatic heterocycles. The maximum atomic E-state index is 5.90. The number of hydrogen-bond donors (Lipinski definition) is 0. The van der Waals surface area contributed by atoms with Crippen LogP contribution in [0.1, 0.15) is 5.69 Å². The molecule has 0 spiro atoms. The molecule has 0 radical (unpaired) electrons. The third-order valence-electron chi connectivity index (χ3n) is 2.93. The minimum absolute atomic E-state index is 0.630. The number of benzene rings is 1. The second-order valence-corrected chi connectivity index (χ2v) is 5.86. The van der Waals surface area contributed by atoms with Gasteiger partial charge in [0.2, 0.25) is 4.96 Å². The van der Waals surface area contributed by atoms with Crippen LogP contribution in [0.2, 0.25) is 5.02 Å². The van der Waals surface area contributed by atoms with Crippen LogP contribution in [-0.2, 0) is 0 Å². The minimum atomic E-state index is 0.630. The molecule has 6 nitrogen and oxygen atoms in total. The average molecular weight is 318 g/mol. The fourth-order valence-electron chi connectivity index (χ4n) is 1.96. The average Bonchev–Trinajstić information content (AvgIpc) is 3.14. The van der Waals surface area contributed by atoms with Crippen LogP contribution in [0.5, 0.6) is 0 Å². The van der Waals surface area contributed by atoms with E-state index in [0.29, 0.717) is 21.6 Å². The van der Waals surface area contributed by atoms with Crippen molar-refractivity contribution in [1.82, 2.24) is 25.0 Å². The Labute approximate surface area is 128 Å². The van der Waals surface area contributed by atoms with Gasteiger partial charge in [-0.1, -0.05) is 28.1 Å². The Kier molecular flexibility index (Phi) is 2.76. The molecule has 3 aromatic heterocycles. The predicted molar refractivity (Wildman–Crippen MR) is 79.3 cm³/mol. The van der Waals surface area contributed by atoms with Gasteiger partial charge in [-0.15, -0.1) is 15.3 Å². The first kappa shape index (κ1) is 12.5. The molecule has 0 N–H and O–H groups in total. The molecule has 21 heavy (non-hydrogen) atoms. The number of hydrogen-bond acceptors (Lipinski definition) is 6. The molecule has 1 aromatic carbocycles. The van der Waals surface area contributed by atoms with E-state index in [1.165, 1.54) is 11.3 Å². The first-order valence-corrected chi connectivity index (χ1v) is 7.32. The number of nitrogens with zero attached hydrogens (tertiary/aromatic N) is 5. The molecule has 0 aliphatic rings. The monoisotopic (exact) mass is 317 g/mol. The van der Waals surface area contributed by atoms with Gasteiger partial charge in [-0.3, -0.25) is 0 Å². The third kappa shape index (κ3) is 2.10. The Morgan fingerprint density at radius 3 is 2.71 bits per heavy atom. The minimum Gasteiger partial charge on any atom is -0.353 e. The Hall–Kier alpha value is -2.25. The third-order valence-corrected chi connectivity index (χ3v) is 4.10. The van der Waals surface area contributed by atoms with Gasteiger partial charge in [0.05, 0.1) is 5.69 Å². The van der Waals surface area contributed by atoms with Gasteiger partial charge in [-0.2, -0.15) is 4.52 Å². The normalized spacial score (nSPS) is 11.3. The maximum absolute atomic E-state index is 5.90. The van der Waals surface area contributed by atoms with Crippen LogP contribution in [0.15, 0.2) is 34.9 Å². The van der Waals surface area contributed by atoms with Crippen molar-refractivity contribution in [2.75, 3.05) is 0 Å². The SMILES string of the molecule is Cc1cc(-c2nn3c(-c4ccc(Cl)cc4)nnc3s2)on1. The summed E-state index contributed by atoms with van der Waals surface area (Å²) in [5.74, 6) is 1.30. The van der Waals surface area contributed by atoms with Gasteiger partial charge in [0.25, 0.3) is 0 Å². The van der Waals surface area contributed by atoms with E-state index in [-0.39, 0.29) is 0 Å². The van der Waals surface area contributed by atoms with Crippen molar-refractivity contribution >= 4 is 27.9 Å². The van der Waals surface area contributed by atoms with Crippen molar-refractivity contribution in [3.63, 3.8) is 0 Å². The summed E-state index contributed by atoms with van der Waals surface area (Å²) in [7, 11) is 0. The molecule has 4 rings (SSSR count). The van der Waals surface area contributed by atoms with E-state index < -0.39 is 0 Å². The van der Waals surface area contributed by atoms with Crippen LogP contribution >= 0.6 is 22.9 Å². The lowest BCUT2D eigenvalue weighted by Gasteiger charge is -1.96. The van der Waals surface area contributed by atoms with Gasteiger partial charge in [-0.25, -0.2) is 0 Å². The Bertz CT molecular complexity index is 924. The van der Waals surface area contributed by atoms with Gasteiger partial charge in [0.15, 0.2) is 16.6 Å². The van der Waals surface area contributed by atoms with Crippen LogP contribution in [-0.4, -0.2) is 25.0 Å². The highest BCUT2D eigenvalue weighted by molar-refractivity contribution is 7.19. The summed E-state index contributed by atoms with van der Waals surface area (Å²) in [5.41, 5.74) is 1.71. The lowest BCUT2D eigenvalue weighted by molar-refractivity contribution is 0.426. The summed E-state index contributed by atoms with van der Waals surface area (Å²) in [6.07, 6.45) is 0. The van der Waals surface area contributed by atoms with Crippen LogP contribution in [0.25, 0.3) is 27.1 Å². The van der Waals surface area contributed by atoms with Gasteiger partial charge >= 0.3 is 0 Å². The zero-order valence-electron chi connectivity index (χ0n) is 10.8. The van der Waals surface area contributed by atoms with Crippen LogP contribution in [0.4, 0.5) is 0 Å².